The van der Waals surface area contributed by atoms with Crippen molar-refractivity contribution >= 4 is 28.9 Å². The van der Waals surface area contributed by atoms with E-state index in [4.69, 9.17) is 38.0 Å². The van der Waals surface area contributed by atoms with Crippen LogP contribution >= 0.6 is 0 Å². The van der Waals surface area contributed by atoms with Crippen LogP contribution in [0.1, 0.15) is 79.3 Å². The molecule has 73 heavy (non-hydrogen) atoms. The third-order valence-corrected chi connectivity index (χ3v) is 14.4. The largest absolute Gasteiger partial charge is 0.462 e. The van der Waals surface area contributed by atoms with Gasteiger partial charge in [0.05, 0.1) is 84.6 Å². The second kappa shape index (κ2) is 27.3. The summed E-state index contributed by atoms with van der Waals surface area (Å²) in [7, 11) is 6.44. The number of benzene rings is 1. The maximum atomic E-state index is 13.9. The average Bonchev–Trinajstić information content (AvgIpc) is 3.85. The van der Waals surface area contributed by atoms with Crippen molar-refractivity contribution in [3.63, 3.8) is 0 Å². The van der Waals surface area contributed by atoms with Gasteiger partial charge in [0.25, 0.3) is 0 Å². The molecule has 0 saturated carbocycles. The molecule has 0 aliphatic carbocycles. The topological polar surface area (TPSA) is 248 Å². The number of oxime groups is 1. The van der Waals surface area contributed by atoms with Crippen molar-refractivity contribution in [1.29, 1.82) is 0 Å². The van der Waals surface area contributed by atoms with E-state index in [1.54, 1.807) is 50.6 Å². The number of para-hydroxylation sites is 1. The Hall–Kier alpha value is -4.58. The fourth-order valence-corrected chi connectivity index (χ4v) is 10.0. The van der Waals surface area contributed by atoms with Crippen molar-refractivity contribution in [2.75, 3.05) is 41.5 Å². The molecule has 0 amide bonds. The molecule has 6 rings (SSSR count). The van der Waals surface area contributed by atoms with Crippen molar-refractivity contribution in [2.45, 2.75) is 160 Å². The maximum Gasteiger partial charge on any atom is 0.308 e. The van der Waals surface area contributed by atoms with E-state index in [-0.39, 0.29) is 25.6 Å². The number of methoxy groups -OCH3 is 2. The summed E-state index contributed by atoms with van der Waals surface area (Å²) in [5.74, 6) is -2.96. The van der Waals surface area contributed by atoms with Gasteiger partial charge in [-0.15, -0.1) is 5.10 Å². The zero-order valence-electron chi connectivity index (χ0n) is 43.9. The number of ether oxygens (including phenoxy) is 7. The van der Waals surface area contributed by atoms with Crippen LogP contribution in [0.4, 0.5) is 0 Å². The van der Waals surface area contributed by atoms with Crippen molar-refractivity contribution in [1.82, 2.24) is 24.9 Å². The van der Waals surface area contributed by atoms with Gasteiger partial charge in [-0.3, -0.25) is 9.78 Å². The van der Waals surface area contributed by atoms with Crippen LogP contribution in [-0.2, 0) is 54.0 Å². The van der Waals surface area contributed by atoms with Crippen molar-refractivity contribution in [2.24, 2.45) is 28.8 Å². The number of likely N-dealkylation sites (N-methyl/N-ethyl adjacent to an activating group) is 1. The Morgan fingerprint density at radius 3 is 2.38 bits per heavy atom. The van der Waals surface area contributed by atoms with Crippen LogP contribution in [0.3, 0.4) is 0 Å². The van der Waals surface area contributed by atoms with Gasteiger partial charge in [-0.25, -0.2) is 4.68 Å². The summed E-state index contributed by atoms with van der Waals surface area (Å²) >= 11 is 0. The monoisotopic (exact) mass is 1020 g/mol. The molecule has 0 spiro atoms. The number of nitrogens with zero attached hydrogens (tertiary/aromatic N) is 6. The first-order chi connectivity index (χ1) is 35.0. The summed E-state index contributed by atoms with van der Waals surface area (Å²) in [5.41, 5.74) is 3.78. The van der Waals surface area contributed by atoms with Gasteiger partial charge >= 0.3 is 5.97 Å². The number of hydrogen-bond acceptors (Lipinski definition) is 19. The van der Waals surface area contributed by atoms with Gasteiger partial charge in [-0.1, -0.05) is 67.1 Å². The van der Waals surface area contributed by atoms with Gasteiger partial charge in [0.1, 0.15) is 43.4 Å². The number of allylic oxidation sites excluding steroid dienone is 3. The number of aliphatic hydroxyl groups excluding tert-OH is 4. The number of fused-ring (bicyclic) bond motifs is 1. The number of aromatic nitrogens is 4. The number of aliphatic hydroxyl groups is 4. The average molecular weight is 1020 g/mol. The van der Waals surface area contributed by atoms with E-state index in [1.807, 2.05) is 75.5 Å². The predicted molar refractivity (Wildman–Crippen MR) is 269 cm³/mol. The lowest BCUT2D eigenvalue weighted by Gasteiger charge is -2.46. The van der Waals surface area contributed by atoms with Crippen LogP contribution in [0, 0.1) is 23.7 Å². The molecule has 3 aromatic rings. The van der Waals surface area contributed by atoms with E-state index < -0.39 is 110 Å². The minimum absolute atomic E-state index is 0.00155. The Labute approximate surface area is 428 Å². The highest BCUT2D eigenvalue weighted by atomic mass is 16.7. The maximum absolute atomic E-state index is 13.9. The van der Waals surface area contributed by atoms with E-state index >= 15 is 0 Å². The molecule has 4 N–H and O–H groups in total. The smallest absolute Gasteiger partial charge is 0.308 e. The van der Waals surface area contributed by atoms with Crippen LogP contribution in [0.2, 0.25) is 0 Å². The Kier molecular flexibility index (Phi) is 21.6. The summed E-state index contributed by atoms with van der Waals surface area (Å²) in [6.45, 7) is 11.1. The molecular formula is C53H78N6O14. The predicted octanol–water partition coefficient (Wildman–Crippen LogP) is 4.13. The summed E-state index contributed by atoms with van der Waals surface area (Å²) in [5, 5.41) is 59.7. The third kappa shape index (κ3) is 14.8. The highest BCUT2D eigenvalue weighted by molar-refractivity contribution is 5.96. The fourth-order valence-electron chi connectivity index (χ4n) is 10.0. The lowest BCUT2D eigenvalue weighted by Crippen LogP contribution is -2.63. The van der Waals surface area contributed by atoms with E-state index in [2.05, 4.69) is 20.5 Å². The normalized spacial score (nSPS) is 35.9. The van der Waals surface area contributed by atoms with Gasteiger partial charge in [0, 0.05) is 43.8 Å². The molecule has 2 fully saturated rings. The standard InChI is InChI=1S/C53H78N6O14/c1-11-43-37(29-68-53-51(67-10)50(66-9)47(64)34(6)71-53)23-30(2)18-19-40(56-69-22-14-16-38-28-59(57-55-38)39-25-35-15-12-13-17-41(35)54-27-39)31(3)24-36(20-21-60)49(32(4)42(61)26-44(62)72-43)73-52-48(65)45(58(7)8)46(63)33(5)70-52/h12-13,15,17-19,21,23,25,27-28,31-34,36-37,42-43,45-53,61,63-65H,11,14,16,20,22,24,26,29H2,1-10H3/b19-18+,30-23+,56-40-/t31-,32+,33-,34-,36?,37-,42-,43-,45+,46-,47-,48-,49?,50-,51-,52+,53-/m1/s1. The highest BCUT2D eigenvalue weighted by Crippen LogP contribution is 2.35. The number of aryl methyl sites for hydroxylation is 1. The molecule has 20 heteroatoms. The zero-order valence-corrected chi connectivity index (χ0v) is 43.9. The number of rotatable bonds is 17. The Bertz CT molecular complexity index is 2310. The third-order valence-electron chi connectivity index (χ3n) is 14.4. The van der Waals surface area contributed by atoms with E-state index in [1.165, 1.54) is 14.2 Å². The minimum atomic E-state index is -1.33. The lowest BCUT2D eigenvalue weighted by molar-refractivity contribution is -0.304. The first-order valence-electron chi connectivity index (χ1n) is 25.5. The lowest BCUT2D eigenvalue weighted by atomic mass is 9.79. The number of esters is 1. The van der Waals surface area contributed by atoms with Gasteiger partial charge < -0.3 is 68.1 Å². The molecule has 0 radical (unpaired) electrons. The molecule has 20 nitrogen and oxygen atoms in total. The molecule has 2 saturated heterocycles. The second-order valence-corrected chi connectivity index (χ2v) is 19.9. The van der Waals surface area contributed by atoms with Crippen LogP contribution in [0.15, 0.2) is 71.7 Å². The van der Waals surface area contributed by atoms with E-state index in [0.29, 0.717) is 31.4 Å². The molecular weight excluding hydrogens is 945 g/mol. The Morgan fingerprint density at radius 1 is 0.945 bits per heavy atom. The second-order valence-electron chi connectivity index (χ2n) is 19.9. The number of hydrogen-bond donors (Lipinski definition) is 4. The van der Waals surface area contributed by atoms with Crippen LogP contribution in [0.25, 0.3) is 16.6 Å². The van der Waals surface area contributed by atoms with Crippen LogP contribution in [-0.4, -0.2) is 184 Å². The minimum Gasteiger partial charge on any atom is -0.462 e. The number of cyclic esters (lactones) is 1. The Morgan fingerprint density at radius 2 is 1.67 bits per heavy atom. The molecule has 3 aliphatic rings. The first kappa shape index (κ1) is 57.7. The molecule has 5 heterocycles. The summed E-state index contributed by atoms with van der Waals surface area (Å²) < 4.78 is 44.3. The number of pyridine rings is 1. The van der Waals surface area contributed by atoms with E-state index in [9.17, 15) is 30.0 Å². The van der Waals surface area contributed by atoms with Crippen LogP contribution in [0.5, 0.6) is 0 Å². The SMILES string of the molecule is CC[C@H]1OC(=O)C[C@@H](O)[C@H](C)C(O[C@@H]2O[C@H](C)[C@@H](O)[C@H](N(C)C)[C@H]2O)C(CC=O)C[C@@H](C)C(=N\OCCCc2cn(-c3cnc4ccccc4c3)nn2)/C=C/C(C)=C/[C@@H]1CO[C@@H]1O[C@H](C)[C@@H](O)[C@@H](OC)[C@H]1OC. The zero-order chi connectivity index (χ0) is 52.9. The van der Waals surface area contributed by atoms with Crippen molar-refractivity contribution < 1.29 is 68.0 Å². The van der Waals surface area contributed by atoms with Gasteiger partial charge in [0.15, 0.2) is 12.6 Å². The molecule has 2 aromatic heterocycles. The Balaban J connectivity index is 1.29. The summed E-state index contributed by atoms with van der Waals surface area (Å²) in [4.78, 5) is 38.7. The van der Waals surface area contributed by atoms with Crippen LogP contribution < -0.4 is 0 Å². The molecule has 0 bridgehead atoms. The fraction of sp³-hybridized carbons (Fsp3) is 0.660. The summed E-state index contributed by atoms with van der Waals surface area (Å²) in [6, 6.07) is 9.12. The molecule has 1 aromatic carbocycles. The number of carbonyl (C=O) groups is 2. The quantitative estimate of drug-likeness (QED) is 0.0643. The number of aldehydes is 1. The first-order valence-corrected chi connectivity index (χ1v) is 25.5. The molecule has 2 unspecified atom stereocenters. The van der Waals surface area contributed by atoms with E-state index in [0.717, 1.165) is 34.1 Å². The number of carbonyl (C=O) groups excluding carboxylic acids is 2. The van der Waals surface area contributed by atoms with Crippen molar-refractivity contribution in [3.8, 4) is 5.69 Å². The molecule has 3 aliphatic heterocycles. The van der Waals surface area contributed by atoms with Gasteiger partial charge in [-0.2, -0.15) is 0 Å². The summed E-state index contributed by atoms with van der Waals surface area (Å²) in [6.07, 6.45) is 0.111. The van der Waals surface area contributed by atoms with Crippen molar-refractivity contribution in [3.05, 3.63) is 72.2 Å². The van der Waals surface area contributed by atoms with Gasteiger partial charge in [0.2, 0.25) is 0 Å². The van der Waals surface area contributed by atoms with Gasteiger partial charge in [-0.05, 0) is 84.7 Å². The highest BCUT2D eigenvalue weighted by Gasteiger charge is 2.48. The molecule has 17 atom stereocenters. The molecule has 404 valence electrons.